The fourth-order valence-corrected chi connectivity index (χ4v) is 1.40. The zero-order valence-electron chi connectivity index (χ0n) is 9.85. The van der Waals surface area contributed by atoms with E-state index in [1.54, 1.807) is 0 Å². The van der Waals surface area contributed by atoms with Crippen LogP contribution in [-0.4, -0.2) is 16.1 Å². The van der Waals surface area contributed by atoms with Crippen molar-refractivity contribution in [2.75, 3.05) is 0 Å². The van der Waals surface area contributed by atoms with Crippen LogP contribution in [0.4, 0.5) is 8.78 Å². The van der Waals surface area contributed by atoms with Crippen LogP contribution in [0, 0.1) is 18.6 Å². The molecule has 19 heavy (non-hydrogen) atoms. The van der Waals surface area contributed by atoms with Crippen molar-refractivity contribution in [3.8, 4) is 11.6 Å². The van der Waals surface area contributed by atoms with E-state index in [1.807, 2.05) is 0 Å². The van der Waals surface area contributed by atoms with Crippen LogP contribution in [0.2, 0.25) is 0 Å². The van der Waals surface area contributed by atoms with Crippen molar-refractivity contribution >= 4 is 5.97 Å². The summed E-state index contributed by atoms with van der Waals surface area (Å²) in [6.07, 6.45) is 0. The van der Waals surface area contributed by atoms with Gasteiger partial charge in [-0.15, -0.1) is 0 Å². The average molecular weight is 265 g/mol. The van der Waals surface area contributed by atoms with Crippen molar-refractivity contribution in [3.05, 3.63) is 53.2 Å². The predicted octanol–water partition coefficient (Wildman–Crippen LogP) is 3.16. The first kappa shape index (κ1) is 12.9. The molecule has 0 atom stereocenters. The van der Waals surface area contributed by atoms with Crippen LogP contribution >= 0.6 is 0 Å². The highest BCUT2D eigenvalue weighted by atomic mass is 19.1. The lowest BCUT2D eigenvalue weighted by atomic mass is 10.2. The standard InChI is InChI=1S/C13H9F2NO3/c1-7-11(15)6-10(13(17)18)12(16-7)19-9-4-2-8(14)3-5-9/h2-6H,1H3,(H,17,18). The number of carboxylic acids is 1. The summed E-state index contributed by atoms with van der Waals surface area (Å²) in [5, 5.41) is 8.96. The Morgan fingerprint density at radius 1 is 1.26 bits per heavy atom. The Morgan fingerprint density at radius 3 is 2.47 bits per heavy atom. The van der Waals surface area contributed by atoms with Gasteiger partial charge in [-0.3, -0.25) is 0 Å². The maximum absolute atomic E-state index is 13.3. The molecule has 2 aromatic rings. The largest absolute Gasteiger partial charge is 0.477 e. The van der Waals surface area contributed by atoms with Crippen LogP contribution < -0.4 is 4.74 Å². The SMILES string of the molecule is Cc1nc(Oc2ccc(F)cc2)c(C(=O)O)cc1F. The number of rotatable bonds is 3. The summed E-state index contributed by atoms with van der Waals surface area (Å²) >= 11 is 0. The van der Waals surface area contributed by atoms with E-state index in [9.17, 15) is 13.6 Å². The second-order valence-corrected chi connectivity index (χ2v) is 3.77. The highest BCUT2D eigenvalue weighted by Gasteiger charge is 2.17. The van der Waals surface area contributed by atoms with Crippen LogP contribution in [0.1, 0.15) is 16.1 Å². The first-order valence-corrected chi connectivity index (χ1v) is 5.31. The molecule has 0 unspecified atom stereocenters. The van der Waals surface area contributed by atoms with Crippen LogP contribution in [-0.2, 0) is 0 Å². The van der Waals surface area contributed by atoms with Gasteiger partial charge in [0.1, 0.15) is 22.9 Å². The van der Waals surface area contributed by atoms with Crippen molar-refractivity contribution in [2.45, 2.75) is 6.92 Å². The second kappa shape index (κ2) is 5.01. The minimum Gasteiger partial charge on any atom is -0.477 e. The van der Waals surface area contributed by atoms with Crippen molar-refractivity contribution in [3.63, 3.8) is 0 Å². The Labute approximate surface area is 107 Å². The molecule has 0 radical (unpaired) electrons. The summed E-state index contributed by atoms with van der Waals surface area (Å²) in [6.45, 7) is 1.39. The molecular formula is C13H9F2NO3. The molecular weight excluding hydrogens is 256 g/mol. The third kappa shape index (κ3) is 2.85. The normalized spacial score (nSPS) is 10.3. The second-order valence-electron chi connectivity index (χ2n) is 3.77. The molecule has 1 aromatic carbocycles. The van der Waals surface area contributed by atoms with E-state index >= 15 is 0 Å². The maximum atomic E-state index is 13.3. The molecule has 0 fully saturated rings. The van der Waals surface area contributed by atoms with E-state index in [0.29, 0.717) is 0 Å². The van der Waals surface area contributed by atoms with Crippen molar-refractivity contribution < 1.29 is 23.4 Å². The summed E-state index contributed by atoms with van der Waals surface area (Å²) in [6, 6.07) is 5.80. The maximum Gasteiger partial charge on any atom is 0.341 e. The highest BCUT2D eigenvalue weighted by Crippen LogP contribution is 2.25. The van der Waals surface area contributed by atoms with Gasteiger partial charge < -0.3 is 9.84 Å². The molecule has 0 aliphatic heterocycles. The quantitative estimate of drug-likeness (QED) is 0.926. The van der Waals surface area contributed by atoms with Gasteiger partial charge in [0.25, 0.3) is 0 Å². The Morgan fingerprint density at radius 2 is 1.89 bits per heavy atom. The number of aromatic carboxylic acids is 1. The first-order chi connectivity index (χ1) is 8.97. The Balaban J connectivity index is 2.41. The molecule has 1 N–H and O–H groups in total. The van der Waals surface area contributed by atoms with Gasteiger partial charge in [0.2, 0.25) is 5.88 Å². The number of pyridine rings is 1. The molecule has 0 aliphatic rings. The van der Waals surface area contributed by atoms with Crippen molar-refractivity contribution in [1.29, 1.82) is 0 Å². The van der Waals surface area contributed by atoms with Gasteiger partial charge in [0.15, 0.2) is 0 Å². The number of ether oxygens (including phenoxy) is 1. The minimum absolute atomic E-state index is 0.0158. The number of aromatic nitrogens is 1. The van der Waals surface area contributed by atoms with Gasteiger partial charge in [0.05, 0.1) is 5.69 Å². The first-order valence-electron chi connectivity index (χ1n) is 5.31. The molecule has 1 aromatic heterocycles. The summed E-state index contributed by atoms with van der Waals surface area (Å²) in [5.41, 5.74) is -0.380. The van der Waals surface area contributed by atoms with E-state index in [-0.39, 0.29) is 17.3 Å². The van der Waals surface area contributed by atoms with Crippen molar-refractivity contribution in [1.82, 2.24) is 4.98 Å². The van der Waals surface area contributed by atoms with Gasteiger partial charge in [-0.2, -0.15) is 0 Å². The van der Waals surface area contributed by atoms with Gasteiger partial charge >= 0.3 is 5.97 Å². The number of aryl methyl sites for hydroxylation is 1. The molecule has 1 heterocycles. The van der Waals surface area contributed by atoms with Gasteiger partial charge in [0, 0.05) is 0 Å². The van der Waals surface area contributed by atoms with Crippen molar-refractivity contribution in [2.24, 2.45) is 0 Å². The number of hydrogen-bond acceptors (Lipinski definition) is 3. The zero-order valence-corrected chi connectivity index (χ0v) is 9.85. The third-order valence-electron chi connectivity index (χ3n) is 2.37. The average Bonchev–Trinajstić information content (AvgIpc) is 2.36. The Bertz CT molecular complexity index is 627. The number of nitrogens with zero attached hydrogens (tertiary/aromatic N) is 1. The van der Waals surface area contributed by atoms with Gasteiger partial charge in [-0.05, 0) is 37.3 Å². The number of hydrogen-bond donors (Lipinski definition) is 1. The fraction of sp³-hybridized carbons (Fsp3) is 0.0769. The molecule has 6 heteroatoms. The van der Waals surface area contributed by atoms with Crippen LogP contribution in [0.3, 0.4) is 0 Å². The lowest BCUT2D eigenvalue weighted by Crippen LogP contribution is -2.05. The monoisotopic (exact) mass is 265 g/mol. The minimum atomic E-state index is -1.36. The number of carbonyl (C=O) groups is 1. The summed E-state index contributed by atoms with van der Waals surface area (Å²) in [7, 11) is 0. The van der Waals surface area contributed by atoms with E-state index in [0.717, 1.165) is 18.2 Å². The molecule has 0 amide bonds. The Hall–Kier alpha value is -2.50. The molecule has 0 aliphatic carbocycles. The van der Waals surface area contributed by atoms with Crippen LogP contribution in [0.15, 0.2) is 30.3 Å². The van der Waals surface area contributed by atoms with E-state index < -0.39 is 23.2 Å². The van der Waals surface area contributed by atoms with Gasteiger partial charge in [-0.1, -0.05) is 0 Å². The smallest absolute Gasteiger partial charge is 0.341 e. The molecule has 2 rings (SSSR count). The van der Waals surface area contributed by atoms with Crippen LogP contribution in [0.5, 0.6) is 11.6 Å². The molecule has 4 nitrogen and oxygen atoms in total. The zero-order chi connectivity index (χ0) is 14.0. The molecule has 0 saturated carbocycles. The lowest BCUT2D eigenvalue weighted by Gasteiger charge is -2.09. The Kier molecular flexibility index (Phi) is 3.41. The van der Waals surface area contributed by atoms with E-state index in [1.165, 1.54) is 19.1 Å². The lowest BCUT2D eigenvalue weighted by molar-refractivity contribution is 0.0692. The number of halogens is 2. The van der Waals surface area contributed by atoms with Crippen LogP contribution in [0.25, 0.3) is 0 Å². The molecule has 0 bridgehead atoms. The summed E-state index contributed by atoms with van der Waals surface area (Å²) in [5.74, 6) is -2.57. The molecule has 98 valence electrons. The molecule has 0 spiro atoms. The highest BCUT2D eigenvalue weighted by molar-refractivity contribution is 5.90. The third-order valence-corrected chi connectivity index (χ3v) is 2.37. The molecule has 0 saturated heterocycles. The number of benzene rings is 1. The predicted molar refractivity (Wildman–Crippen MR) is 62.4 cm³/mol. The number of carboxylic acid groups (broad SMARTS) is 1. The topological polar surface area (TPSA) is 59.4 Å². The summed E-state index contributed by atoms with van der Waals surface area (Å²) < 4.78 is 31.3. The summed E-state index contributed by atoms with van der Waals surface area (Å²) in [4.78, 5) is 14.7. The van der Waals surface area contributed by atoms with E-state index in [2.05, 4.69) is 4.98 Å². The van der Waals surface area contributed by atoms with E-state index in [4.69, 9.17) is 9.84 Å². The fourth-order valence-electron chi connectivity index (χ4n) is 1.40. The van der Waals surface area contributed by atoms with Gasteiger partial charge in [-0.25, -0.2) is 18.6 Å².